The van der Waals surface area contributed by atoms with Crippen LogP contribution in [0.25, 0.3) is 0 Å². The lowest BCUT2D eigenvalue weighted by Crippen LogP contribution is -2.21. The van der Waals surface area contributed by atoms with Crippen molar-refractivity contribution in [3.8, 4) is 0 Å². The predicted octanol–water partition coefficient (Wildman–Crippen LogP) is 3.33. The van der Waals surface area contributed by atoms with Crippen LogP contribution in [0.15, 0.2) is 29.4 Å². The van der Waals surface area contributed by atoms with E-state index in [1.54, 1.807) is 12.1 Å². The highest BCUT2D eigenvalue weighted by Crippen LogP contribution is 2.09. The van der Waals surface area contributed by atoms with Gasteiger partial charge in [-0.25, -0.2) is 0 Å². The second-order valence-corrected chi connectivity index (χ2v) is 6.45. The monoisotopic (exact) mass is 435 g/mol. The number of amidine groups is 1. The van der Waals surface area contributed by atoms with Gasteiger partial charge in [0, 0.05) is 16.8 Å². The Kier molecular flexibility index (Phi) is 15.3. The third-order valence-corrected chi connectivity index (χ3v) is 3.81. The molecule has 0 spiro atoms. The number of methoxy groups -OCH3 is 1. The number of rotatable bonds is 4. The van der Waals surface area contributed by atoms with E-state index in [4.69, 9.17) is 22.5 Å². The Morgan fingerprint density at radius 1 is 1.32 bits per heavy atom. The highest BCUT2D eigenvalue weighted by molar-refractivity contribution is 9.09. The van der Waals surface area contributed by atoms with Crippen molar-refractivity contribution in [2.75, 3.05) is 25.5 Å². The van der Waals surface area contributed by atoms with E-state index >= 15 is 0 Å². The van der Waals surface area contributed by atoms with Gasteiger partial charge in [0.2, 0.25) is 0 Å². The SMILES string of the molecule is C1CCNCC1.COC(=O)CCBr.N/C(Cc1ccc(Cl)cc1)=N\O. The zero-order valence-electron chi connectivity index (χ0n) is 14.5. The molecule has 1 saturated heterocycles. The Hall–Kier alpha value is -1.31. The molecule has 0 atom stereocenters. The Morgan fingerprint density at radius 2 is 1.92 bits per heavy atom. The van der Waals surface area contributed by atoms with Gasteiger partial charge in [0.05, 0.1) is 13.5 Å². The van der Waals surface area contributed by atoms with Crippen LogP contribution in [0.3, 0.4) is 0 Å². The number of benzene rings is 1. The van der Waals surface area contributed by atoms with Crippen molar-refractivity contribution >= 4 is 39.3 Å². The Balaban J connectivity index is 0.000000377. The quantitative estimate of drug-likeness (QED) is 0.168. The van der Waals surface area contributed by atoms with Crippen molar-refractivity contribution in [1.82, 2.24) is 5.32 Å². The molecule has 8 heteroatoms. The van der Waals surface area contributed by atoms with E-state index in [-0.39, 0.29) is 11.8 Å². The minimum absolute atomic E-state index is 0.170. The molecule has 0 amide bonds. The lowest BCUT2D eigenvalue weighted by atomic mass is 10.1. The molecule has 2 rings (SSSR count). The first kappa shape index (κ1) is 23.7. The molecule has 25 heavy (non-hydrogen) atoms. The van der Waals surface area contributed by atoms with E-state index in [0.717, 1.165) is 5.56 Å². The summed E-state index contributed by atoms with van der Waals surface area (Å²) in [6, 6.07) is 7.20. The van der Waals surface area contributed by atoms with E-state index in [1.165, 1.54) is 39.5 Å². The number of carbonyl (C=O) groups is 1. The highest BCUT2D eigenvalue weighted by atomic mass is 79.9. The summed E-state index contributed by atoms with van der Waals surface area (Å²) in [4.78, 5) is 10.2. The maximum atomic E-state index is 10.2. The maximum absolute atomic E-state index is 10.2. The molecular weight excluding hydrogens is 410 g/mol. The summed E-state index contributed by atoms with van der Waals surface area (Å²) in [6.45, 7) is 2.50. The van der Waals surface area contributed by atoms with Gasteiger partial charge in [-0.1, -0.05) is 51.2 Å². The van der Waals surface area contributed by atoms with Crippen LogP contribution in [0.1, 0.15) is 31.2 Å². The fourth-order valence-electron chi connectivity index (χ4n) is 1.83. The average Bonchev–Trinajstić information content (AvgIpc) is 2.66. The summed E-state index contributed by atoms with van der Waals surface area (Å²) < 4.78 is 4.32. The predicted molar refractivity (Wildman–Crippen MR) is 106 cm³/mol. The van der Waals surface area contributed by atoms with Crippen molar-refractivity contribution in [3.63, 3.8) is 0 Å². The van der Waals surface area contributed by atoms with E-state index in [2.05, 4.69) is 31.1 Å². The van der Waals surface area contributed by atoms with Crippen LogP contribution in [0.5, 0.6) is 0 Å². The number of nitrogens with one attached hydrogen (secondary N) is 1. The second-order valence-electron chi connectivity index (χ2n) is 5.22. The van der Waals surface area contributed by atoms with Crippen molar-refractivity contribution in [2.45, 2.75) is 32.1 Å². The van der Waals surface area contributed by atoms with Crippen LogP contribution in [-0.4, -0.2) is 42.5 Å². The molecule has 1 fully saturated rings. The van der Waals surface area contributed by atoms with Crippen molar-refractivity contribution in [2.24, 2.45) is 10.9 Å². The largest absolute Gasteiger partial charge is 0.469 e. The van der Waals surface area contributed by atoms with Crippen molar-refractivity contribution < 1.29 is 14.7 Å². The van der Waals surface area contributed by atoms with Gasteiger partial charge in [0.15, 0.2) is 0 Å². The number of piperidine rings is 1. The van der Waals surface area contributed by atoms with Gasteiger partial charge in [0.1, 0.15) is 5.84 Å². The summed E-state index contributed by atoms with van der Waals surface area (Å²) in [5, 5.41) is 15.8. The number of nitrogens with two attached hydrogens (primary N) is 1. The lowest BCUT2D eigenvalue weighted by Gasteiger charge is -2.08. The number of hydrogen-bond acceptors (Lipinski definition) is 5. The molecule has 6 nitrogen and oxygen atoms in total. The van der Waals surface area contributed by atoms with E-state index in [1.807, 2.05) is 12.1 Å². The molecule has 1 aliphatic rings. The Morgan fingerprint density at radius 3 is 2.24 bits per heavy atom. The van der Waals surface area contributed by atoms with Gasteiger partial charge in [-0.2, -0.15) is 0 Å². The van der Waals surface area contributed by atoms with Crippen LogP contribution in [-0.2, 0) is 16.0 Å². The summed E-state index contributed by atoms with van der Waals surface area (Å²) in [7, 11) is 1.38. The summed E-state index contributed by atoms with van der Waals surface area (Å²) in [5.74, 6) is 0.0224. The fourth-order valence-corrected chi connectivity index (χ4v) is 2.28. The topological polar surface area (TPSA) is 96.9 Å². The zero-order chi connectivity index (χ0) is 18.9. The normalized spacial score (nSPS) is 13.6. The smallest absolute Gasteiger partial charge is 0.306 e. The van der Waals surface area contributed by atoms with E-state index in [9.17, 15) is 4.79 Å². The van der Waals surface area contributed by atoms with Gasteiger partial charge in [0.25, 0.3) is 0 Å². The molecule has 1 aliphatic heterocycles. The second kappa shape index (κ2) is 16.2. The van der Waals surface area contributed by atoms with Crippen LogP contribution in [0.2, 0.25) is 5.02 Å². The first-order chi connectivity index (χ1) is 12.0. The lowest BCUT2D eigenvalue weighted by molar-refractivity contribution is -0.140. The van der Waals surface area contributed by atoms with Gasteiger partial charge < -0.3 is 21.0 Å². The summed E-state index contributed by atoms with van der Waals surface area (Å²) in [5.41, 5.74) is 6.28. The standard InChI is InChI=1S/C8H9ClN2O.C5H11N.C4H7BrO2/c9-7-3-1-6(2-4-7)5-8(10)11-12;1-2-4-6-5-3-1;1-7-4(6)2-3-5/h1-4,12H,5H2,(H2,10,11);6H,1-5H2;2-3H2,1H3. The van der Waals surface area contributed by atoms with Crippen LogP contribution >= 0.6 is 27.5 Å². The third kappa shape index (κ3) is 14.7. The summed E-state index contributed by atoms with van der Waals surface area (Å²) >= 11 is 8.76. The zero-order valence-corrected chi connectivity index (χ0v) is 16.9. The Bertz CT molecular complexity index is 483. The number of oxime groups is 1. The van der Waals surface area contributed by atoms with Gasteiger partial charge in [-0.15, -0.1) is 0 Å². The fraction of sp³-hybridized carbons (Fsp3) is 0.529. The molecule has 0 saturated carbocycles. The molecule has 0 bridgehead atoms. The number of alkyl halides is 1. The number of nitrogens with zero attached hydrogens (tertiary/aromatic N) is 1. The maximum Gasteiger partial charge on any atom is 0.306 e. The third-order valence-electron chi connectivity index (χ3n) is 3.16. The highest BCUT2D eigenvalue weighted by Gasteiger charge is 1.96. The van der Waals surface area contributed by atoms with Gasteiger partial charge in [-0.05, 0) is 43.6 Å². The first-order valence-electron chi connectivity index (χ1n) is 8.07. The molecule has 0 unspecified atom stereocenters. The van der Waals surface area contributed by atoms with Gasteiger partial charge in [-0.3, -0.25) is 4.79 Å². The van der Waals surface area contributed by atoms with Crippen molar-refractivity contribution in [1.29, 1.82) is 0 Å². The molecular formula is C17H27BrClN3O3. The number of ether oxygens (including phenoxy) is 1. The van der Waals surface area contributed by atoms with Crippen LogP contribution in [0, 0.1) is 0 Å². The summed E-state index contributed by atoms with van der Waals surface area (Å²) in [6.07, 6.45) is 5.11. The molecule has 4 N–H and O–H groups in total. The number of carbonyl (C=O) groups excluding carboxylic acids is 1. The minimum Gasteiger partial charge on any atom is -0.469 e. The minimum atomic E-state index is -0.170. The molecule has 0 aromatic heterocycles. The molecule has 0 aliphatic carbocycles. The molecule has 1 heterocycles. The van der Waals surface area contributed by atoms with Crippen molar-refractivity contribution in [3.05, 3.63) is 34.9 Å². The average molecular weight is 437 g/mol. The first-order valence-corrected chi connectivity index (χ1v) is 9.57. The number of esters is 1. The van der Waals surface area contributed by atoms with E-state index < -0.39 is 0 Å². The van der Waals surface area contributed by atoms with Gasteiger partial charge >= 0.3 is 5.97 Å². The van der Waals surface area contributed by atoms with E-state index in [0.29, 0.717) is 23.2 Å². The number of hydrogen-bond donors (Lipinski definition) is 3. The Labute approximate surface area is 162 Å². The molecule has 142 valence electrons. The van der Waals surface area contributed by atoms with Crippen LogP contribution < -0.4 is 11.1 Å². The molecule has 0 radical (unpaired) electrons. The number of halogens is 2. The molecule has 1 aromatic rings. The van der Waals surface area contributed by atoms with Crippen LogP contribution in [0.4, 0.5) is 0 Å². The molecule has 1 aromatic carbocycles.